The lowest BCUT2D eigenvalue weighted by Gasteiger charge is -2.15. The van der Waals surface area contributed by atoms with Crippen molar-refractivity contribution >= 4 is 17.7 Å². The summed E-state index contributed by atoms with van der Waals surface area (Å²) in [4.78, 5) is 11.9. The SMILES string of the molecule is O=C(O)C1CSC2=C1CCOC2. The summed E-state index contributed by atoms with van der Waals surface area (Å²) >= 11 is 1.64. The first kappa shape index (κ1) is 8.13. The number of carboxylic acid groups (broad SMARTS) is 1. The monoisotopic (exact) mass is 186 g/mol. The van der Waals surface area contributed by atoms with Crippen LogP contribution in [0.4, 0.5) is 0 Å². The zero-order chi connectivity index (χ0) is 8.55. The summed E-state index contributed by atoms with van der Waals surface area (Å²) in [7, 11) is 0. The van der Waals surface area contributed by atoms with E-state index >= 15 is 0 Å². The zero-order valence-electron chi connectivity index (χ0n) is 6.58. The van der Waals surface area contributed by atoms with E-state index in [2.05, 4.69) is 0 Å². The van der Waals surface area contributed by atoms with E-state index in [1.165, 1.54) is 0 Å². The van der Waals surface area contributed by atoms with Crippen molar-refractivity contribution in [3.63, 3.8) is 0 Å². The van der Waals surface area contributed by atoms with Crippen LogP contribution >= 0.6 is 11.8 Å². The molecule has 0 radical (unpaired) electrons. The molecule has 0 saturated carbocycles. The standard InChI is InChI=1S/C8H10O3S/c9-8(10)6-4-12-7-3-11-2-1-5(6)7/h6H,1-4H2,(H,9,10). The quantitative estimate of drug-likeness (QED) is 0.666. The van der Waals surface area contributed by atoms with E-state index in [-0.39, 0.29) is 5.92 Å². The average Bonchev–Trinajstić information content (AvgIpc) is 2.47. The van der Waals surface area contributed by atoms with Crippen molar-refractivity contribution in [2.24, 2.45) is 5.92 Å². The van der Waals surface area contributed by atoms with Gasteiger partial charge in [-0.05, 0) is 12.0 Å². The number of thioether (sulfide) groups is 1. The van der Waals surface area contributed by atoms with Crippen LogP contribution in [0.2, 0.25) is 0 Å². The Morgan fingerprint density at radius 3 is 3.25 bits per heavy atom. The molecule has 0 aromatic heterocycles. The molecule has 0 aliphatic carbocycles. The lowest BCUT2D eigenvalue weighted by Crippen LogP contribution is -2.18. The maximum atomic E-state index is 10.8. The van der Waals surface area contributed by atoms with Crippen molar-refractivity contribution < 1.29 is 14.6 Å². The third-order valence-electron chi connectivity index (χ3n) is 2.25. The Balaban J connectivity index is 2.21. The van der Waals surface area contributed by atoms with E-state index in [1.807, 2.05) is 0 Å². The molecule has 0 spiro atoms. The molecule has 12 heavy (non-hydrogen) atoms. The van der Waals surface area contributed by atoms with Gasteiger partial charge in [-0.1, -0.05) is 0 Å². The Kier molecular flexibility index (Phi) is 2.11. The molecule has 0 fully saturated rings. The molecule has 2 heterocycles. The van der Waals surface area contributed by atoms with Gasteiger partial charge in [-0.3, -0.25) is 4.79 Å². The summed E-state index contributed by atoms with van der Waals surface area (Å²) in [6.07, 6.45) is 0.805. The van der Waals surface area contributed by atoms with Gasteiger partial charge in [-0.25, -0.2) is 0 Å². The molecule has 0 aromatic carbocycles. The summed E-state index contributed by atoms with van der Waals surface area (Å²) < 4.78 is 5.24. The maximum absolute atomic E-state index is 10.8. The minimum absolute atomic E-state index is 0.242. The highest BCUT2D eigenvalue weighted by atomic mass is 32.2. The van der Waals surface area contributed by atoms with E-state index in [0.29, 0.717) is 19.0 Å². The smallest absolute Gasteiger partial charge is 0.311 e. The van der Waals surface area contributed by atoms with Gasteiger partial charge in [0.05, 0.1) is 19.1 Å². The summed E-state index contributed by atoms with van der Waals surface area (Å²) in [6, 6.07) is 0. The van der Waals surface area contributed by atoms with Crippen LogP contribution in [0.3, 0.4) is 0 Å². The lowest BCUT2D eigenvalue weighted by molar-refractivity contribution is -0.139. The van der Waals surface area contributed by atoms with Crippen LogP contribution in [0.1, 0.15) is 6.42 Å². The number of hydrogen-bond acceptors (Lipinski definition) is 3. The molecule has 2 aliphatic heterocycles. The lowest BCUT2D eigenvalue weighted by atomic mass is 9.97. The molecule has 1 N–H and O–H groups in total. The van der Waals surface area contributed by atoms with Crippen LogP contribution < -0.4 is 0 Å². The highest BCUT2D eigenvalue weighted by molar-refractivity contribution is 8.03. The molecule has 0 bridgehead atoms. The Labute approximate surface area is 74.8 Å². The van der Waals surface area contributed by atoms with Crippen molar-refractivity contribution in [1.82, 2.24) is 0 Å². The average molecular weight is 186 g/mol. The van der Waals surface area contributed by atoms with Crippen LogP contribution in [0, 0.1) is 5.92 Å². The second-order valence-electron chi connectivity index (χ2n) is 2.95. The van der Waals surface area contributed by atoms with Crippen LogP contribution in [-0.2, 0) is 9.53 Å². The molecule has 1 atom stereocenters. The Morgan fingerprint density at radius 2 is 2.50 bits per heavy atom. The first-order chi connectivity index (χ1) is 5.79. The third kappa shape index (κ3) is 1.25. The fourth-order valence-electron chi connectivity index (χ4n) is 1.59. The van der Waals surface area contributed by atoms with Gasteiger partial charge in [0.15, 0.2) is 0 Å². The number of rotatable bonds is 1. The van der Waals surface area contributed by atoms with Gasteiger partial charge < -0.3 is 9.84 Å². The van der Waals surface area contributed by atoms with Gasteiger partial charge in [0.25, 0.3) is 0 Å². The van der Waals surface area contributed by atoms with Crippen molar-refractivity contribution in [2.75, 3.05) is 19.0 Å². The van der Waals surface area contributed by atoms with E-state index in [9.17, 15) is 4.79 Å². The van der Waals surface area contributed by atoms with Gasteiger partial charge >= 0.3 is 5.97 Å². The Bertz CT molecular complexity index is 247. The first-order valence-electron chi connectivity index (χ1n) is 3.94. The van der Waals surface area contributed by atoms with Crippen molar-refractivity contribution in [1.29, 1.82) is 0 Å². The summed E-state index contributed by atoms with van der Waals surface area (Å²) in [5, 5.41) is 8.86. The van der Waals surface area contributed by atoms with Crippen molar-refractivity contribution in [2.45, 2.75) is 6.42 Å². The fraction of sp³-hybridized carbons (Fsp3) is 0.625. The topological polar surface area (TPSA) is 46.5 Å². The molecular formula is C8H10O3S. The number of carboxylic acids is 1. The molecule has 3 nitrogen and oxygen atoms in total. The second kappa shape index (κ2) is 3.11. The molecule has 4 heteroatoms. The highest BCUT2D eigenvalue weighted by Gasteiger charge is 2.32. The second-order valence-corrected chi connectivity index (χ2v) is 4.07. The molecule has 0 aromatic rings. The predicted octanol–water partition coefficient (Wildman–Crippen LogP) is 1.11. The summed E-state index contributed by atoms with van der Waals surface area (Å²) in [5.74, 6) is -0.230. The normalized spacial score (nSPS) is 28.8. The predicted molar refractivity (Wildman–Crippen MR) is 46.0 cm³/mol. The van der Waals surface area contributed by atoms with E-state index in [0.717, 1.165) is 16.9 Å². The minimum Gasteiger partial charge on any atom is -0.481 e. The molecule has 0 saturated heterocycles. The maximum Gasteiger partial charge on any atom is 0.311 e. The van der Waals surface area contributed by atoms with Gasteiger partial charge in [0, 0.05) is 10.7 Å². The minimum atomic E-state index is -0.686. The van der Waals surface area contributed by atoms with Crippen molar-refractivity contribution in [3.05, 3.63) is 10.5 Å². The van der Waals surface area contributed by atoms with Gasteiger partial charge in [0.1, 0.15) is 0 Å². The Hall–Kier alpha value is -0.480. The number of ether oxygens (including phenoxy) is 1. The molecule has 2 rings (SSSR count). The largest absolute Gasteiger partial charge is 0.481 e. The molecular weight excluding hydrogens is 176 g/mol. The Morgan fingerprint density at radius 1 is 1.67 bits per heavy atom. The first-order valence-corrected chi connectivity index (χ1v) is 4.93. The number of aliphatic carboxylic acids is 1. The van der Waals surface area contributed by atoms with Crippen molar-refractivity contribution in [3.8, 4) is 0 Å². The number of carbonyl (C=O) groups is 1. The van der Waals surface area contributed by atoms with Gasteiger partial charge in [-0.15, -0.1) is 11.8 Å². The van der Waals surface area contributed by atoms with Crippen LogP contribution in [0.15, 0.2) is 10.5 Å². The van der Waals surface area contributed by atoms with Gasteiger partial charge in [0.2, 0.25) is 0 Å². The van der Waals surface area contributed by atoms with E-state index in [1.54, 1.807) is 11.8 Å². The van der Waals surface area contributed by atoms with E-state index < -0.39 is 5.97 Å². The summed E-state index contributed by atoms with van der Waals surface area (Å²) in [5.41, 5.74) is 1.11. The molecule has 0 amide bonds. The molecule has 66 valence electrons. The van der Waals surface area contributed by atoms with E-state index in [4.69, 9.17) is 9.84 Å². The third-order valence-corrected chi connectivity index (χ3v) is 3.48. The van der Waals surface area contributed by atoms with Crippen LogP contribution in [0.5, 0.6) is 0 Å². The van der Waals surface area contributed by atoms with Gasteiger partial charge in [-0.2, -0.15) is 0 Å². The fourth-order valence-corrected chi connectivity index (χ4v) is 2.89. The zero-order valence-corrected chi connectivity index (χ0v) is 7.39. The highest BCUT2D eigenvalue weighted by Crippen LogP contribution is 2.39. The van der Waals surface area contributed by atoms with Crippen LogP contribution in [0.25, 0.3) is 0 Å². The molecule has 1 unspecified atom stereocenters. The summed E-state index contributed by atoms with van der Waals surface area (Å²) in [6.45, 7) is 1.31. The number of hydrogen-bond donors (Lipinski definition) is 1. The van der Waals surface area contributed by atoms with Crippen LogP contribution in [-0.4, -0.2) is 30.0 Å². The molecule has 2 aliphatic rings.